The van der Waals surface area contributed by atoms with Gasteiger partial charge in [0.25, 0.3) is 0 Å². The monoisotopic (exact) mass is 411 g/mol. The fourth-order valence-corrected chi connectivity index (χ4v) is 4.59. The molecule has 0 bridgehead atoms. The third-order valence-electron chi connectivity index (χ3n) is 4.83. The van der Waals surface area contributed by atoms with Gasteiger partial charge in [-0.15, -0.1) is 11.8 Å². The Hall–Kier alpha value is -3.13. The van der Waals surface area contributed by atoms with Gasteiger partial charge in [0.15, 0.2) is 11.5 Å². The number of carbonyl (C=O) groups excluding carboxylic acids is 1. The number of aryl methyl sites for hydroxylation is 1. The summed E-state index contributed by atoms with van der Waals surface area (Å²) in [5.41, 5.74) is 3.51. The van der Waals surface area contributed by atoms with Crippen molar-refractivity contribution in [3.63, 3.8) is 0 Å². The molecule has 8 heteroatoms. The summed E-state index contributed by atoms with van der Waals surface area (Å²) < 4.78 is 12.2. The zero-order chi connectivity index (χ0) is 20.5. The Morgan fingerprint density at radius 2 is 1.93 bits per heavy atom. The number of carbonyl (C=O) groups is 1. The fraction of sp³-hybridized carbons (Fsp3) is 0.238. The SMILES string of the molecule is COc1ccc(-n2nc(C)c3c2NC(=O)CSC3c2ccc(O)c(OC)c2)cc1. The number of aromatic nitrogens is 2. The number of anilines is 1. The summed E-state index contributed by atoms with van der Waals surface area (Å²) in [6.07, 6.45) is 0. The summed E-state index contributed by atoms with van der Waals surface area (Å²) in [5.74, 6) is 2.10. The van der Waals surface area contributed by atoms with Crippen LogP contribution in [-0.4, -0.2) is 40.8 Å². The molecule has 0 radical (unpaired) electrons. The minimum absolute atomic E-state index is 0.0787. The number of nitrogens with one attached hydrogen (secondary N) is 1. The number of phenols is 1. The van der Waals surface area contributed by atoms with Crippen molar-refractivity contribution in [1.29, 1.82) is 0 Å². The Morgan fingerprint density at radius 3 is 2.62 bits per heavy atom. The molecule has 2 heterocycles. The van der Waals surface area contributed by atoms with Gasteiger partial charge >= 0.3 is 0 Å². The molecule has 0 saturated carbocycles. The summed E-state index contributed by atoms with van der Waals surface area (Å²) in [6.45, 7) is 1.93. The van der Waals surface area contributed by atoms with Crippen LogP contribution >= 0.6 is 11.8 Å². The first-order valence-corrected chi connectivity index (χ1v) is 10.1. The molecule has 4 rings (SSSR count). The number of benzene rings is 2. The maximum Gasteiger partial charge on any atom is 0.235 e. The number of hydrogen-bond acceptors (Lipinski definition) is 6. The van der Waals surface area contributed by atoms with Gasteiger partial charge in [-0.2, -0.15) is 5.10 Å². The average Bonchev–Trinajstić information content (AvgIpc) is 2.93. The number of methoxy groups -OCH3 is 2. The van der Waals surface area contributed by atoms with E-state index in [-0.39, 0.29) is 16.9 Å². The molecule has 1 aromatic heterocycles. The molecule has 1 aliphatic heterocycles. The van der Waals surface area contributed by atoms with Gasteiger partial charge in [-0.3, -0.25) is 4.79 Å². The van der Waals surface area contributed by atoms with E-state index in [2.05, 4.69) is 5.32 Å². The molecule has 1 aliphatic rings. The zero-order valence-electron chi connectivity index (χ0n) is 16.3. The van der Waals surface area contributed by atoms with Crippen molar-refractivity contribution in [1.82, 2.24) is 9.78 Å². The topological polar surface area (TPSA) is 85.6 Å². The largest absolute Gasteiger partial charge is 0.504 e. The Balaban J connectivity index is 1.85. The van der Waals surface area contributed by atoms with E-state index in [4.69, 9.17) is 14.6 Å². The minimum atomic E-state index is -0.134. The van der Waals surface area contributed by atoms with E-state index in [0.717, 1.165) is 28.3 Å². The highest BCUT2D eigenvalue weighted by Gasteiger charge is 2.31. The summed E-state index contributed by atoms with van der Waals surface area (Å²) in [7, 11) is 3.13. The van der Waals surface area contributed by atoms with Crippen molar-refractivity contribution in [3.05, 3.63) is 59.3 Å². The Morgan fingerprint density at radius 1 is 1.17 bits per heavy atom. The third-order valence-corrected chi connectivity index (χ3v) is 6.10. The molecule has 1 unspecified atom stereocenters. The van der Waals surface area contributed by atoms with Crippen molar-refractivity contribution in [2.24, 2.45) is 0 Å². The molecule has 0 spiro atoms. The first kappa shape index (κ1) is 19.2. The number of nitrogens with zero attached hydrogens (tertiary/aromatic N) is 2. The highest BCUT2D eigenvalue weighted by atomic mass is 32.2. The molecule has 0 aliphatic carbocycles. The summed E-state index contributed by atoms with van der Waals surface area (Å²) >= 11 is 1.52. The molecular weight excluding hydrogens is 390 g/mol. The lowest BCUT2D eigenvalue weighted by Crippen LogP contribution is -2.15. The van der Waals surface area contributed by atoms with Crippen LogP contribution in [0.1, 0.15) is 22.1 Å². The van der Waals surface area contributed by atoms with Crippen LogP contribution < -0.4 is 14.8 Å². The lowest BCUT2D eigenvalue weighted by atomic mass is 10.0. The molecule has 150 valence electrons. The predicted octanol–water partition coefficient (Wildman–Crippen LogP) is 3.68. The van der Waals surface area contributed by atoms with Crippen LogP contribution in [0.2, 0.25) is 0 Å². The van der Waals surface area contributed by atoms with Crippen molar-refractivity contribution >= 4 is 23.5 Å². The van der Waals surface area contributed by atoms with Gasteiger partial charge in [0.1, 0.15) is 11.6 Å². The van der Waals surface area contributed by atoms with Gasteiger partial charge < -0.3 is 19.9 Å². The van der Waals surface area contributed by atoms with Crippen LogP contribution in [0.4, 0.5) is 5.82 Å². The summed E-state index contributed by atoms with van der Waals surface area (Å²) in [4.78, 5) is 12.4. The first-order chi connectivity index (χ1) is 14.0. The molecule has 3 aromatic rings. The molecule has 2 N–H and O–H groups in total. The predicted molar refractivity (Wildman–Crippen MR) is 112 cm³/mol. The second-order valence-corrected chi connectivity index (χ2v) is 7.72. The second kappa shape index (κ2) is 7.71. The number of hydrogen-bond donors (Lipinski definition) is 2. The van der Waals surface area contributed by atoms with Crippen molar-refractivity contribution in [2.45, 2.75) is 12.2 Å². The molecule has 1 amide bonds. The van der Waals surface area contributed by atoms with Crippen LogP contribution in [0.25, 0.3) is 5.69 Å². The van der Waals surface area contributed by atoms with Crippen LogP contribution in [0.15, 0.2) is 42.5 Å². The molecule has 0 fully saturated rings. The van der Waals surface area contributed by atoms with E-state index >= 15 is 0 Å². The second-order valence-electron chi connectivity index (χ2n) is 6.63. The maximum absolute atomic E-state index is 12.4. The lowest BCUT2D eigenvalue weighted by molar-refractivity contribution is -0.113. The van der Waals surface area contributed by atoms with Crippen LogP contribution in [0, 0.1) is 6.92 Å². The average molecular weight is 411 g/mol. The number of thioether (sulfide) groups is 1. The Labute approximate surface area is 172 Å². The normalized spacial score (nSPS) is 16.0. The Bertz CT molecular complexity index is 1060. The number of aromatic hydroxyl groups is 1. The van der Waals surface area contributed by atoms with Crippen molar-refractivity contribution in [3.8, 4) is 22.9 Å². The van der Waals surface area contributed by atoms with Gasteiger partial charge in [-0.25, -0.2) is 4.68 Å². The molecule has 29 heavy (non-hydrogen) atoms. The molecule has 1 atom stereocenters. The van der Waals surface area contributed by atoms with Gasteiger partial charge in [-0.1, -0.05) is 6.07 Å². The van der Waals surface area contributed by atoms with Crippen LogP contribution in [0.3, 0.4) is 0 Å². The number of fused-ring (bicyclic) bond motifs is 1. The van der Waals surface area contributed by atoms with E-state index < -0.39 is 0 Å². The quantitative estimate of drug-likeness (QED) is 0.681. The van der Waals surface area contributed by atoms with Gasteiger partial charge in [0, 0.05) is 5.56 Å². The van der Waals surface area contributed by atoms with Crippen LogP contribution in [-0.2, 0) is 4.79 Å². The number of ether oxygens (including phenoxy) is 2. The van der Waals surface area contributed by atoms with E-state index in [9.17, 15) is 9.90 Å². The minimum Gasteiger partial charge on any atom is -0.504 e. The van der Waals surface area contributed by atoms with Gasteiger partial charge in [0.05, 0.1) is 36.6 Å². The summed E-state index contributed by atoms with van der Waals surface area (Å²) in [5, 5.41) is 17.5. The van der Waals surface area contributed by atoms with Crippen molar-refractivity contribution in [2.75, 3.05) is 25.3 Å². The lowest BCUT2D eigenvalue weighted by Gasteiger charge is -2.16. The standard InChI is InChI=1S/C21H21N3O4S/c1-12-19-20(13-4-9-16(25)17(10-13)28-3)29-11-18(26)22-21(19)24(23-12)14-5-7-15(27-2)8-6-14/h4-10,20,25H,11H2,1-3H3,(H,22,26). The summed E-state index contributed by atoms with van der Waals surface area (Å²) in [6, 6.07) is 12.8. The van der Waals surface area contributed by atoms with E-state index in [0.29, 0.717) is 17.3 Å². The molecule has 2 aromatic carbocycles. The van der Waals surface area contributed by atoms with E-state index in [1.807, 2.05) is 37.3 Å². The first-order valence-electron chi connectivity index (χ1n) is 9.04. The van der Waals surface area contributed by atoms with Gasteiger partial charge in [0.2, 0.25) is 5.91 Å². The Kier molecular flexibility index (Phi) is 5.10. The molecule has 7 nitrogen and oxygen atoms in total. The van der Waals surface area contributed by atoms with Crippen molar-refractivity contribution < 1.29 is 19.4 Å². The fourth-order valence-electron chi connectivity index (χ4n) is 3.41. The highest BCUT2D eigenvalue weighted by molar-refractivity contribution is 8.00. The van der Waals surface area contributed by atoms with E-state index in [1.165, 1.54) is 18.9 Å². The number of rotatable bonds is 4. The number of phenolic OH excluding ortho intramolecular Hbond substituents is 1. The van der Waals surface area contributed by atoms with E-state index in [1.54, 1.807) is 23.9 Å². The molecule has 0 saturated heterocycles. The van der Waals surface area contributed by atoms with Gasteiger partial charge in [-0.05, 0) is 48.9 Å². The smallest absolute Gasteiger partial charge is 0.235 e. The molecular formula is C21H21N3O4S. The zero-order valence-corrected chi connectivity index (χ0v) is 17.1. The van der Waals surface area contributed by atoms with Crippen LogP contribution in [0.5, 0.6) is 17.2 Å². The third kappa shape index (κ3) is 3.51. The maximum atomic E-state index is 12.4. The highest BCUT2D eigenvalue weighted by Crippen LogP contribution is 2.45. The number of amides is 1.